The standard InChI is InChI=1S/C14H18FNO2/c1-2-12(14(17)16-9-5-6-10-16)18-13-8-4-3-7-11(13)15/h3-4,7-8,12H,2,5-6,9-10H2,1H3/t12-/m1/s1. The molecule has 1 atom stereocenters. The van der Waals surface area contributed by atoms with Crippen molar-refractivity contribution in [1.82, 2.24) is 4.90 Å². The second-order valence-electron chi connectivity index (χ2n) is 4.48. The number of rotatable bonds is 4. The van der Waals surface area contributed by atoms with E-state index >= 15 is 0 Å². The van der Waals surface area contributed by atoms with Crippen LogP contribution in [0, 0.1) is 5.82 Å². The second kappa shape index (κ2) is 5.85. The number of halogens is 1. The first-order chi connectivity index (χ1) is 8.72. The number of amides is 1. The van der Waals surface area contributed by atoms with Gasteiger partial charge in [0, 0.05) is 13.1 Å². The zero-order chi connectivity index (χ0) is 13.0. The normalized spacial score (nSPS) is 16.7. The number of carbonyl (C=O) groups is 1. The van der Waals surface area contributed by atoms with Crippen molar-refractivity contribution in [2.24, 2.45) is 0 Å². The van der Waals surface area contributed by atoms with Gasteiger partial charge in [-0.2, -0.15) is 0 Å². The number of nitrogens with zero attached hydrogens (tertiary/aromatic N) is 1. The zero-order valence-corrected chi connectivity index (χ0v) is 10.6. The quantitative estimate of drug-likeness (QED) is 0.823. The molecule has 1 fully saturated rings. The van der Waals surface area contributed by atoms with Crippen LogP contribution >= 0.6 is 0 Å². The Hall–Kier alpha value is -1.58. The third-order valence-electron chi connectivity index (χ3n) is 3.17. The van der Waals surface area contributed by atoms with E-state index in [2.05, 4.69) is 0 Å². The summed E-state index contributed by atoms with van der Waals surface area (Å²) in [7, 11) is 0. The van der Waals surface area contributed by atoms with Crippen LogP contribution in [0.3, 0.4) is 0 Å². The Kier molecular flexibility index (Phi) is 4.18. The van der Waals surface area contributed by atoms with Crippen LogP contribution < -0.4 is 4.74 Å². The van der Waals surface area contributed by atoms with Gasteiger partial charge < -0.3 is 9.64 Å². The number of hydrogen-bond donors (Lipinski definition) is 0. The van der Waals surface area contributed by atoms with Gasteiger partial charge in [0.05, 0.1) is 0 Å². The van der Waals surface area contributed by atoms with Crippen LogP contribution in [0.5, 0.6) is 5.75 Å². The minimum Gasteiger partial charge on any atom is -0.478 e. The van der Waals surface area contributed by atoms with Crippen LogP contribution in [-0.2, 0) is 4.79 Å². The van der Waals surface area contributed by atoms with Crippen LogP contribution in [0.1, 0.15) is 26.2 Å². The van der Waals surface area contributed by atoms with E-state index in [4.69, 9.17) is 4.74 Å². The summed E-state index contributed by atoms with van der Waals surface area (Å²) in [6.45, 7) is 3.45. The lowest BCUT2D eigenvalue weighted by atomic mass is 10.2. The zero-order valence-electron chi connectivity index (χ0n) is 10.6. The van der Waals surface area contributed by atoms with Crippen molar-refractivity contribution in [1.29, 1.82) is 0 Å². The molecule has 1 aliphatic heterocycles. The molecule has 4 heteroatoms. The SMILES string of the molecule is CC[C@@H](Oc1ccccc1F)C(=O)N1CCCC1. The Balaban J connectivity index is 2.05. The number of likely N-dealkylation sites (tertiary alicyclic amines) is 1. The van der Waals surface area contributed by atoms with Crippen LogP contribution in [0.4, 0.5) is 4.39 Å². The molecule has 2 rings (SSSR count). The number of ether oxygens (including phenoxy) is 1. The average molecular weight is 251 g/mol. The molecule has 1 aliphatic rings. The first kappa shape index (κ1) is 12.9. The molecule has 1 saturated heterocycles. The maximum absolute atomic E-state index is 13.5. The minimum atomic E-state index is -0.583. The summed E-state index contributed by atoms with van der Waals surface area (Å²) >= 11 is 0. The maximum atomic E-state index is 13.5. The van der Waals surface area contributed by atoms with Crippen LogP contribution in [0.2, 0.25) is 0 Å². The molecule has 1 aromatic rings. The lowest BCUT2D eigenvalue weighted by Gasteiger charge is -2.23. The van der Waals surface area contributed by atoms with Crippen molar-refractivity contribution in [3.8, 4) is 5.75 Å². The van der Waals surface area contributed by atoms with Crippen molar-refractivity contribution in [3.05, 3.63) is 30.1 Å². The molecule has 98 valence electrons. The van der Waals surface area contributed by atoms with Crippen molar-refractivity contribution < 1.29 is 13.9 Å². The third-order valence-corrected chi connectivity index (χ3v) is 3.17. The fraction of sp³-hybridized carbons (Fsp3) is 0.500. The van der Waals surface area contributed by atoms with Gasteiger partial charge in [-0.1, -0.05) is 19.1 Å². The molecule has 1 heterocycles. The van der Waals surface area contributed by atoms with Crippen molar-refractivity contribution >= 4 is 5.91 Å². The maximum Gasteiger partial charge on any atom is 0.263 e. The molecule has 0 radical (unpaired) electrons. The molecule has 1 amide bonds. The molecule has 0 aromatic heterocycles. The van der Waals surface area contributed by atoms with Crippen molar-refractivity contribution in [2.75, 3.05) is 13.1 Å². The molecule has 18 heavy (non-hydrogen) atoms. The third kappa shape index (κ3) is 2.81. The van der Waals surface area contributed by atoms with E-state index in [1.54, 1.807) is 23.1 Å². The monoisotopic (exact) mass is 251 g/mol. The summed E-state index contributed by atoms with van der Waals surface area (Å²) in [5, 5.41) is 0. The highest BCUT2D eigenvalue weighted by molar-refractivity contribution is 5.81. The molecule has 0 spiro atoms. The van der Waals surface area contributed by atoms with E-state index in [0.29, 0.717) is 6.42 Å². The lowest BCUT2D eigenvalue weighted by Crippen LogP contribution is -2.40. The Bertz CT molecular complexity index is 416. The number of benzene rings is 1. The molecule has 1 aromatic carbocycles. The van der Waals surface area contributed by atoms with E-state index in [1.165, 1.54) is 6.07 Å². The molecule has 0 aliphatic carbocycles. The van der Waals surface area contributed by atoms with Gasteiger partial charge in [-0.3, -0.25) is 4.79 Å². The average Bonchev–Trinajstić information content (AvgIpc) is 2.91. The predicted octanol–water partition coefficient (Wildman–Crippen LogP) is 2.61. The summed E-state index contributed by atoms with van der Waals surface area (Å²) < 4.78 is 19.0. The molecule has 3 nitrogen and oxygen atoms in total. The van der Waals surface area contributed by atoms with Gasteiger partial charge in [0.25, 0.3) is 5.91 Å². The van der Waals surface area contributed by atoms with Crippen molar-refractivity contribution in [3.63, 3.8) is 0 Å². The predicted molar refractivity (Wildman–Crippen MR) is 66.9 cm³/mol. The van der Waals surface area contributed by atoms with Crippen molar-refractivity contribution in [2.45, 2.75) is 32.3 Å². The molecular weight excluding hydrogens is 233 g/mol. The van der Waals surface area contributed by atoms with Crippen LogP contribution in [0.25, 0.3) is 0 Å². The van der Waals surface area contributed by atoms with Crippen LogP contribution in [0.15, 0.2) is 24.3 Å². The van der Waals surface area contributed by atoms with Gasteiger partial charge in [0.15, 0.2) is 17.7 Å². The largest absolute Gasteiger partial charge is 0.478 e. The van der Waals surface area contributed by atoms with Gasteiger partial charge >= 0.3 is 0 Å². The smallest absolute Gasteiger partial charge is 0.263 e. The van der Waals surface area contributed by atoms with Gasteiger partial charge in [0.2, 0.25) is 0 Å². The van der Waals surface area contributed by atoms with Gasteiger partial charge in [-0.15, -0.1) is 0 Å². The Labute approximate surface area is 107 Å². The highest BCUT2D eigenvalue weighted by Gasteiger charge is 2.27. The van der Waals surface area contributed by atoms with E-state index in [1.807, 2.05) is 6.92 Å². The number of carbonyl (C=O) groups excluding carboxylic acids is 1. The Morgan fingerprint density at radius 3 is 2.67 bits per heavy atom. The summed E-state index contributed by atoms with van der Waals surface area (Å²) in [4.78, 5) is 14.0. The summed E-state index contributed by atoms with van der Waals surface area (Å²) in [6.07, 6.45) is 2.05. The van der Waals surface area contributed by atoms with Gasteiger partial charge in [0.1, 0.15) is 0 Å². The Morgan fingerprint density at radius 2 is 2.06 bits per heavy atom. The topological polar surface area (TPSA) is 29.5 Å². The van der Waals surface area contributed by atoms with E-state index in [-0.39, 0.29) is 11.7 Å². The molecule has 0 unspecified atom stereocenters. The summed E-state index contributed by atoms with van der Waals surface area (Å²) in [6, 6.07) is 6.19. The summed E-state index contributed by atoms with van der Waals surface area (Å²) in [5.41, 5.74) is 0. The Morgan fingerprint density at radius 1 is 1.39 bits per heavy atom. The highest BCUT2D eigenvalue weighted by atomic mass is 19.1. The van der Waals surface area contributed by atoms with E-state index < -0.39 is 11.9 Å². The number of para-hydroxylation sites is 1. The molecule has 0 saturated carbocycles. The summed E-state index contributed by atoms with van der Waals surface area (Å²) in [5.74, 6) is -0.305. The highest BCUT2D eigenvalue weighted by Crippen LogP contribution is 2.20. The lowest BCUT2D eigenvalue weighted by molar-refractivity contribution is -0.137. The number of hydrogen-bond acceptors (Lipinski definition) is 2. The van der Waals surface area contributed by atoms with Gasteiger partial charge in [-0.05, 0) is 31.4 Å². The molecular formula is C14H18FNO2. The minimum absolute atomic E-state index is 0.0294. The van der Waals surface area contributed by atoms with E-state index in [0.717, 1.165) is 25.9 Å². The fourth-order valence-electron chi connectivity index (χ4n) is 2.14. The first-order valence-electron chi connectivity index (χ1n) is 6.42. The van der Waals surface area contributed by atoms with Gasteiger partial charge in [-0.25, -0.2) is 4.39 Å². The second-order valence-corrected chi connectivity index (χ2v) is 4.48. The van der Waals surface area contributed by atoms with Crippen LogP contribution in [-0.4, -0.2) is 30.0 Å². The molecule has 0 N–H and O–H groups in total. The fourth-order valence-corrected chi connectivity index (χ4v) is 2.14. The first-order valence-corrected chi connectivity index (χ1v) is 6.42. The van der Waals surface area contributed by atoms with E-state index in [9.17, 15) is 9.18 Å². The molecule has 0 bridgehead atoms.